The fourth-order valence-corrected chi connectivity index (χ4v) is 4.04. The molecule has 2 fully saturated rings. The van der Waals surface area contributed by atoms with E-state index < -0.39 is 0 Å². The minimum atomic E-state index is -0.354. The topological polar surface area (TPSA) is 78.5 Å². The van der Waals surface area contributed by atoms with Crippen LogP contribution in [0.5, 0.6) is 0 Å². The van der Waals surface area contributed by atoms with Crippen molar-refractivity contribution in [3.8, 4) is 0 Å². The second kappa shape index (κ2) is 7.86. The van der Waals surface area contributed by atoms with Crippen molar-refractivity contribution >= 4 is 28.9 Å². The molecule has 6 nitrogen and oxygen atoms in total. The number of halogens is 1. The van der Waals surface area contributed by atoms with Crippen molar-refractivity contribution in [2.24, 2.45) is 0 Å². The summed E-state index contributed by atoms with van der Waals surface area (Å²) in [5.74, 6) is -0.324. The number of amides is 4. The Morgan fingerprint density at radius 1 is 1.20 bits per heavy atom. The lowest BCUT2D eigenvalue weighted by Gasteiger charge is -2.36. The normalized spacial score (nSPS) is 23.6. The molecule has 0 radical (unpaired) electrons. The average molecular weight is 365 g/mol. The molecule has 0 aromatic heterocycles. The fourth-order valence-electron chi connectivity index (χ4n) is 3.28. The van der Waals surface area contributed by atoms with E-state index in [2.05, 4.69) is 10.6 Å². The Labute approximate surface area is 149 Å². The summed E-state index contributed by atoms with van der Waals surface area (Å²) in [6, 6.07) is 5.03. The van der Waals surface area contributed by atoms with Gasteiger partial charge in [0.25, 0.3) is 5.24 Å². The number of thioether (sulfide) groups is 1. The number of imide groups is 1. The van der Waals surface area contributed by atoms with Crippen LogP contribution in [0.3, 0.4) is 0 Å². The minimum absolute atomic E-state index is 0.179. The van der Waals surface area contributed by atoms with E-state index in [-0.39, 0.29) is 47.4 Å². The number of hydrogen-bond acceptors (Lipinski definition) is 4. The zero-order valence-corrected chi connectivity index (χ0v) is 14.5. The zero-order valence-electron chi connectivity index (χ0n) is 13.7. The van der Waals surface area contributed by atoms with Gasteiger partial charge in [-0.1, -0.05) is 36.7 Å². The van der Waals surface area contributed by atoms with E-state index >= 15 is 0 Å². The van der Waals surface area contributed by atoms with Gasteiger partial charge in [-0.2, -0.15) is 0 Å². The fraction of sp³-hybridized carbons (Fsp3) is 0.471. The number of hydrogen-bond donors (Lipinski definition) is 2. The molecule has 2 aliphatic rings. The van der Waals surface area contributed by atoms with Gasteiger partial charge in [0.05, 0.1) is 17.8 Å². The number of benzene rings is 1. The summed E-state index contributed by atoms with van der Waals surface area (Å²) in [6.45, 7) is 0.279. The van der Waals surface area contributed by atoms with Crippen LogP contribution < -0.4 is 10.6 Å². The first kappa shape index (κ1) is 17.7. The highest BCUT2D eigenvalue weighted by atomic mass is 32.2. The van der Waals surface area contributed by atoms with Crippen LogP contribution >= 0.6 is 11.8 Å². The number of nitrogens with zero attached hydrogens (tertiary/aromatic N) is 1. The molecule has 0 bridgehead atoms. The van der Waals surface area contributed by atoms with Gasteiger partial charge in [0.1, 0.15) is 5.82 Å². The first-order valence-corrected chi connectivity index (χ1v) is 9.31. The molecule has 8 heteroatoms. The molecular weight excluding hydrogens is 345 g/mol. The van der Waals surface area contributed by atoms with E-state index in [0.717, 1.165) is 36.6 Å². The Bertz CT molecular complexity index is 652. The summed E-state index contributed by atoms with van der Waals surface area (Å²) >= 11 is 1.02. The van der Waals surface area contributed by atoms with Crippen molar-refractivity contribution in [1.82, 2.24) is 15.5 Å². The molecule has 1 saturated carbocycles. The molecule has 1 aliphatic heterocycles. The van der Waals surface area contributed by atoms with Crippen molar-refractivity contribution in [2.45, 2.75) is 44.3 Å². The van der Waals surface area contributed by atoms with Gasteiger partial charge in [-0.25, -0.2) is 9.18 Å². The molecule has 1 aliphatic carbocycles. The van der Waals surface area contributed by atoms with Crippen LogP contribution in [0, 0.1) is 5.82 Å². The Balaban J connectivity index is 1.57. The largest absolute Gasteiger partial charge is 0.334 e. The van der Waals surface area contributed by atoms with Crippen LogP contribution in [-0.2, 0) is 11.3 Å². The predicted molar refractivity (Wildman–Crippen MR) is 92.5 cm³/mol. The second-order valence-electron chi connectivity index (χ2n) is 6.23. The molecule has 1 heterocycles. The SMILES string of the molecule is O=C(NCc1ccc(F)cc1)NC1CCCCC1N1C(=O)CSC1=O. The highest BCUT2D eigenvalue weighted by Crippen LogP contribution is 2.30. The maximum absolute atomic E-state index is 12.9. The summed E-state index contributed by atoms with van der Waals surface area (Å²) in [6.07, 6.45) is 3.32. The quantitative estimate of drug-likeness (QED) is 0.860. The third-order valence-corrected chi connectivity index (χ3v) is 5.36. The molecule has 4 amide bonds. The molecule has 25 heavy (non-hydrogen) atoms. The third-order valence-electron chi connectivity index (χ3n) is 4.53. The van der Waals surface area contributed by atoms with Gasteiger partial charge in [0, 0.05) is 6.54 Å². The highest BCUT2D eigenvalue weighted by molar-refractivity contribution is 8.14. The van der Waals surface area contributed by atoms with Crippen LogP contribution in [0.2, 0.25) is 0 Å². The molecule has 3 rings (SSSR count). The van der Waals surface area contributed by atoms with Crippen molar-refractivity contribution in [1.29, 1.82) is 0 Å². The molecule has 1 saturated heterocycles. The molecular formula is C17H20FN3O3S. The minimum Gasteiger partial charge on any atom is -0.334 e. The number of carbonyl (C=O) groups is 3. The number of rotatable bonds is 4. The standard InChI is InChI=1S/C17H20FN3O3S/c18-12-7-5-11(6-8-12)9-19-16(23)20-13-3-1-2-4-14(13)21-15(22)10-25-17(21)24/h5-8,13-14H,1-4,9-10H2,(H2,19,20,23). The summed E-state index contributed by atoms with van der Waals surface area (Å²) in [5.41, 5.74) is 0.790. The Kier molecular flexibility index (Phi) is 5.57. The van der Waals surface area contributed by atoms with Gasteiger partial charge in [0.2, 0.25) is 5.91 Å². The van der Waals surface area contributed by atoms with E-state index in [9.17, 15) is 18.8 Å². The molecule has 1 aromatic rings. The number of nitrogens with one attached hydrogen (secondary N) is 2. The van der Waals surface area contributed by atoms with E-state index in [4.69, 9.17) is 0 Å². The van der Waals surface area contributed by atoms with E-state index in [1.54, 1.807) is 12.1 Å². The van der Waals surface area contributed by atoms with Gasteiger partial charge in [-0.3, -0.25) is 14.5 Å². The van der Waals surface area contributed by atoms with Gasteiger partial charge in [0.15, 0.2) is 0 Å². The van der Waals surface area contributed by atoms with Crippen LogP contribution in [0.4, 0.5) is 14.0 Å². The smallest absolute Gasteiger partial charge is 0.315 e. The van der Waals surface area contributed by atoms with Gasteiger partial charge in [-0.15, -0.1) is 0 Å². The van der Waals surface area contributed by atoms with Gasteiger partial charge in [-0.05, 0) is 30.5 Å². The summed E-state index contributed by atoms with van der Waals surface area (Å²) in [4.78, 5) is 37.4. The van der Waals surface area contributed by atoms with Crippen LogP contribution in [-0.4, -0.2) is 39.9 Å². The van der Waals surface area contributed by atoms with Crippen LogP contribution in [0.1, 0.15) is 31.2 Å². The lowest BCUT2D eigenvalue weighted by Crippen LogP contribution is -2.56. The highest BCUT2D eigenvalue weighted by Gasteiger charge is 2.41. The maximum atomic E-state index is 12.9. The first-order valence-electron chi connectivity index (χ1n) is 8.32. The van der Waals surface area contributed by atoms with Crippen molar-refractivity contribution in [2.75, 3.05) is 5.75 Å². The molecule has 2 atom stereocenters. The second-order valence-corrected chi connectivity index (χ2v) is 7.16. The predicted octanol–water partition coefficient (Wildman–Crippen LogP) is 2.63. The van der Waals surface area contributed by atoms with Crippen LogP contribution in [0.25, 0.3) is 0 Å². The monoisotopic (exact) mass is 365 g/mol. The summed E-state index contributed by atoms with van der Waals surface area (Å²) in [7, 11) is 0. The Hall–Kier alpha value is -2.09. The average Bonchev–Trinajstić information content (AvgIpc) is 2.94. The molecule has 0 spiro atoms. The van der Waals surface area contributed by atoms with Crippen LogP contribution in [0.15, 0.2) is 24.3 Å². The van der Waals surface area contributed by atoms with E-state index in [0.29, 0.717) is 6.42 Å². The maximum Gasteiger partial charge on any atom is 0.315 e. The molecule has 2 unspecified atom stereocenters. The third kappa shape index (κ3) is 4.31. The number of carbonyl (C=O) groups excluding carboxylic acids is 3. The number of urea groups is 1. The molecule has 134 valence electrons. The lowest BCUT2D eigenvalue weighted by atomic mass is 9.89. The Morgan fingerprint density at radius 3 is 2.60 bits per heavy atom. The van der Waals surface area contributed by atoms with E-state index in [1.807, 2.05) is 0 Å². The van der Waals surface area contributed by atoms with Crippen molar-refractivity contribution in [3.05, 3.63) is 35.6 Å². The summed E-state index contributed by atoms with van der Waals surface area (Å²) in [5, 5.41) is 5.40. The van der Waals surface area contributed by atoms with Gasteiger partial charge < -0.3 is 10.6 Å². The van der Waals surface area contributed by atoms with E-state index in [1.165, 1.54) is 17.0 Å². The zero-order chi connectivity index (χ0) is 17.8. The lowest BCUT2D eigenvalue weighted by molar-refractivity contribution is -0.127. The van der Waals surface area contributed by atoms with Crippen molar-refractivity contribution < 1.29 is 18.8 Å². The first-order chi connectivity index (χ1) is 12.0. The molecule has 2 N–H and O–H groups in total. The van der Waals surface area contributed by atoms with Gasteiger partial charge >= 0.3 is 6.03 Å². The Morgan fingerprint density at radius 2 is 1.92 bits per heavy atom. The van der Waals surface area contributed by atoms with Crippen molar-refractivity contribution in [3.63, 3.8) is 0 Å². The molecule has 1 aromatic carbocycles. The summed E-state index contributed by atoms with van der Waals surface area (Å²) < 4.78 is 12.9.